The van der Waals surface area contributed by atoms with Crippen molar-refractivity contribution in [2.24, 2.45) is 11.8 Å². The average Bonchev–Trinajstić information content (AvgIpc) is 2.42. The summed E-state index contributed by atoms with van der Waals surface area (Å²) in [4.78, 5) is 2.55. The maximum Gasteiger partial charge on any atom is 0.0586 e. The third-order valence-electron chi connectivity index (χ3n) is 4.82. The number of nitrogens with zero attached hydrogens (tertiary/aromatic N) is 1. The molecule has 0 unspecified atom stereocenters. The molecule has 1 saturated carbocycles. The van der Waals surface area contributed by atoms with Crippen molar-refractivity contribution in [3.05, 3.63) is 0 Å². The third-order valence-corrected chi connectivity index (χ3v) is 4.82. The molecule has 3 nitrogen and oxygen atoms in total. The van der Waals surface area contributed by atoms with E-state index in [2.05, 4.69) is 4.90 Å². The summed E-state index contributed by atoms with van der Waals surface area (Å²) in [5, 5.41) is 9.44. The number of piperidine rings is 1. The lowest BCUT2D eigenvalue weighted by Gasteiger charge is -2.38. The zero-order valence-electron chi connectivity index (χ0n) is 11.8. The van der Waals surface area contributed by atoms with Gasteiger partial charge in [0.25, 0.3) is 0 Å². The molecule has 1 N–H and O–H groups in total. The van der Waals surface area contributed by atoms with E-state index >= 15 is 0 Å². The minimum absolute atomic E-state index is 0.346. The second-order valence-electron chi connectivity index (χ2n) is 6.17. The minimum atomic E-state index is 0.346. The van der Waals surface area contributed by atoms with Gasteiger partial charge in [-0.2, -0.15) is 0 Å². The van der Waals surface area contributed by atoms with Gasteiger partial charge in [0.1, 0.15) is 0 Å². The quantitative estimate of drug-likeness (QED) is 0.818. The molecule has 1 heterocycles. The lowest BCUT2D eigenvalue weighted by Crippen LogP contribution is -2.44. The molecular weight excluding hydrogens is 226 g/mol. The summed E-state index contributed by atoms with van der Waals surface area (Å²) in [6.45, 7) is 3.70. The maximum absolute atomic E-state index is 9.44. The lowest BCUT2D eigenvalue weighted by atomic mass is 9.81. The molecular formula is C15H29NO2. The largest absolute Gasteiger partial charge is 0.395 e. The van der Waals surface area contributed by atoms with Crippen LogP contribution in [0.15, 0.2) is 0 Å². The normalized spacial score (nSPS) is 34.7. The topological polar surface area (TPSA) is 32.7 Å². The van der Waals surface area contributed by atoms with Crippen molar-refractivity contribution in [3.63, 3.8) is 0 Å². The van der Waals surface area contributed by atoms with Gasteiger partial charge in [-0.25, -0.2) is 0 Å². The number of ether oxygens (including phenoxy) is 1. The number of likely N-dealkylation sites (tertiary alicyclic amines) is 1. The van der Waals surface area contributed by atoms with E-state index in [4.69, 9.17) is 4.74 Å². The minimum Gasteiger partial charge on any atom is -0.395 e. The van der Waals surface area contributed by atoms with E-state index in [0.29, 0.717) is 12.6 Å². The second-order valence-corrected chi connectivity index (χ2v) is 6.17. The van der Waals surface area contributed by atoms with Gasteiger partial charge in [0.15, 0.2) is 0 Å². The summed E-state index contributed by atoms with van der Waals surface area (Å²) < 4.78 is 5.26. The van der Waals surface area contributed by atoms with Gasteiger partial charge >= 0.3 is 0 Å². The Hall–Kier alpha value is -0.120. The smallest absolute Gasteiger partial charge is 0.0586 e. The van der Waals surface area contributed by atoms with E-state index in [-0.39, 0.29) is 0 Å². The molecule has 2 rings (SSSR count). The summed E-state index contributed by atoms with van der Waals surface area (Å²) in [6, 6.07) is 0.440. The molecule has 1 saturated heterocycles. The van der Waals surface area contributed by atoms with Crippen LogP contribution in [0.4, 0.5) is 0 Å². The number of hydrogen-bond acceptors (Lipinski definition) is 3. The van der Waals surface area contributed by atoms with Gasteiger partial charge in [-0.05, 0) is 56.9 Å². The Labute approximate surface area is 112 Å². The Morgan fingerprint density at radius 1 is 1.06 bits per heavy atom. The fourth-order valence-electron chi connectivity index (χ4n) is 3.66. The van der Waals surface area contributed by atoms with Crippen LogP contribution in [0, 0.1) is 11.8 Å². The zero-order valence-corrected chi connectivity index (χ0v) is 11.8. The highest BCUT2D eigenvalue weighted by atomic mass is 16.5. The molecule has 0 aromatic heterocycles. The van der Waals surface area contributed by atoms with Crippen molar-refractivity contribution in [3.8, 4) is 0 Å². The Morgan fingerprint density at radius 3 is 2.44 bits per heavy atom. The van der Waals surface area contributed by atoms with E-state index in [0.717, 1.165) is 18.4 Å². The van der Waals surface area contributed by atoms with Gasteiger partial charge < -0.3 is 9.84 Å². The van der Waals surface area contributed by atoms with Crippen molar-refractivity contribution < 1.29 is 9.84 Å². The molecule has 0 aromatic carbocycles. The Morgan fingerprint density at radius 2 is 1.78 bits per heavy atom. The molecule has 0 radical (unpaired) electrons. The van der Waals surface area contributed by atoms with E-state index in [1.165, 1.54) is 58.0 Å². The van der Waals surface area contributed by atoms with E-state index in [9.17, 15) is 5.11 Å². The first-order chi connectivity index (χ1) is 8.83. The zero-order chi connectivity index (χ0) is 12.8. The van der Waals surface area contributed by atoms with Crippen LogP contribution in [0.3, 0.4) is 0 Å². The van der Waals surface area contributed by atoms with Crippen LogP contribution in [0.2, 0.25) is 0 Å². The van der Waals surface area contributed by atoms with Gasteiger partial charge in [-0.1, -0.05) is 6.42 Å². The van der Waals surface area contributed by atoms with Crippen LogP contribution in [-0.2, 0) is 4.74 Å². The molecule has 0 spiro atoms. The van der Waals surface area contributed by atoms with E-state index in [1.54, 1.807) is 0 Å². The maximum atomic E-state index is 9.44. The van der Waals surface area contributed by atoms with E-state index < -0.39 is 0 Å². The van der Waals surface area contributed by atoms with Crippen LogP contribution in [0.25, 0.3) is 0 Å². The molecule has 2 aliphatic rings. The highest BCUT2D eigenvalue weighted by Gasteiger charge is 2.27. The van der Waals surface area contributed by atoms with Gasteiger partial charge in [-0.3, -0.25) is 4.90 Å². The van der Waals surface area contributed by atoms with Crippen molar-refractivity contribution in [2.45, 2.75) is 51.0 Å². The van der Waals surface area contributed by atoms with Crippen molar-refractivity contribution in [2.75, 3.05) is 33.4 Å². The van der Waals surface area contributed by atoms with Crippen LogP contribution in [-0.4, -0.2) is 49.5 Å². The number of aliphatic hydroxyl groups is 1. The highest BCUT2D eigenvalue weighted by molar-refractivity contribution is 4.81. The standard InChI is InChI=1S/C15H29NO2/c1-18-12-14-7-5-13(6-8-14)10-16-9-3-2-4-15(16)11-17/h13-15,17H,2-12H2,1H3/t13?,14?,15-/m0/s1. The molecule has 0 aromatic rings. The predicted octanol–water partition coefficient (Wildman–Crippen LogP) is 2.29. The monoisotopic (exact) mass is 255 g/mol. The fraction of sp³-hybridized carbons (Fsp3) is 1.00. The molecule has 18 heavy (non-hydrogen) atoms. The van der Waals surface area contributed by atoms with Crippen molar-refractivity contribution >= 4 is 0 Å². The number of aliphatic hydroxyl groups excluding tert-OH is 1. The summed E-state index contributed by atoms with van der Waals surface area (Å²) in [5.74, 6) is 1.64. The summed E-state index contributed by atoms with van der Waals surface area (Å²) >= 11 is 0. The number of rotatable bonds is 5. The molecule has 1 aliphatic carbocycles. The summed E-state index contributed by atoms with van der Waals surface area (Å²) in [6.07, 6.45) is 9.16. The first-order valence-corrected chi connectivity index (χ1v) is 7.67. The lowest BCUT2D eigenvalue weighted by molar-refractivity contribution is 0.0587. The molecule has 1 aliphatic heterocycles. The molecule has 2 fully saturated rings. The van der Waals surface area contributed by atoms with Crippen LogP contribution in [0.1, 0.15) is 44.9 Å². The number of hydrogen-bond donors (Lipinski definition) is 1. The molecule has 0 bridgehead atoms. The molecule has 1 atom stereocenters. The first kappa shape index (κ1) is 14.3. The fourth-order valence-corrected chi connectivity index (χ4v) is 3.66. The SMILES string of the molecule is COCC1CCC(CN2CCCC[C@H]2CO)CC1. The Kier molecular flexibility index (Phi) is 5.93. The predicted molar refractivity (Wildman–Crippen MR) is 73.6 cm³/mol. The first-order valence-electron chi connectivity index (χ1n) is 7.67. The van der Waals surface area contributed by atoms with Crippen molar-refractivity contribution in [1.82, 2.24) is 4.90 Å². The summed E-state index contributed by atoms with van der Waals surface area (Å²) in [5.41, 5.74) is 0. The van der Waals surface area contributed by atoms with Gasteiger partial charge in [0, 0.05) is 26.3 Å². The molecule has 3 heteroatoms. The molecule has 106 valence electrons. The van der Waals surface area contributed by atoms with Crippen LogP contribution < -0.4 is 0 Å². The number of methoxy groups -OCH3 is 1. The summed E-state index contributed by atoms with van der Waals surface area (Å²) in [7, 11) is 1.81. The van der Waals surface area contributed by atoms with Crippen molar-refractivity contribution in [1.29, 1.82) is 0 Å². The van der Waals surface area contributed by atoms with Gasteiger partial charge in [0.2, 0.25) is 0 Å². The molecule has 0 amide bonds. The Bertz CT molecular complexity index is 227. The third kappa shape index (κ3) is 3.94. The van der Waals surface area contributed by atoms with Gasteiger partial charge in [-0.15, -0.1) is 0 Å². The van der Waals surface area contributed by atoms with Crippen LogP contribution in [0.5, 0.6) is 0 Å². The van der Waals surface area contributed by atoms with Gasteiger partial charge in [0.05, 0.1) is 6.61 Å². The second kappa shape index (κ2) is 7.46. The Balaban J connectivity index is 1.73. The van der Waals surface area contributed by atoms with Crippen LogP contribution >= 0.6 is 0 Å². The average molecular weight is 255 g/mol. The highest BCUT2D eigenvalue weighted by Crippen LogP contribution is 2.30. The van der Waals surface area contributed by atoms with E-state index in [1.807, 2.05) is 7.11 Å².